The van der Waals surface area contributed by atoms with Crippen molar-refractivity contribution in [1.82, 2.24) is 4.90 Å². The minimum Gasteiger partial charge on any atom is -0.323 e. The third-order valence-electron chi connectivity index (χ3n) is 4.30. The summed E-state index contributed by atoms with van der Waals surface area (Å²) in [6.45, 7) is 4.39. The number of nitrogens with zero attached hydrogens (tertiary/aromatic N) is 1. The fourth-order valence-electron chi connectivity index (χ4n) is 3.28. The van der Waals surface area contributed by atoms with Crippen LogP contribution in [0.2, 0.25) is 0 Å². The molecular weight excluding hydrogens is 242 g/mol. The molecule has 0 spiro atoms. The molecule has 0 aromatic heterocycles. The standard InChI is InChI=1S/C19H17N/c1-13-9-10-20-12-16-8-7-15-5-3-4-6-17(15)19(16)14(2)18(20)11-13/h3-12,15H,1-2H3. The molecule has 0 fully saturated rings. The van der Waals surface area contributed by atoms with Crippen LogP contribution in [0.1, 0.15) is 13.8 Å². The fourth-order valence-corrected chi connectivity index (χ4v) is 3.28. The van der Waals surface area contributed by atoms with Gasteiger partial charge in [0.05, 0.1) is 0 Å². The van der Waals surface area contributed by atoms with E-state index >= 15 is 0 Å². The lowest BCUT2D eigenvalue weighted by Crippen LogP contribution is -2.21. The molecule has 4 aliphatic rings. The van der Waals surface area contributed by atoms with Gasteiger partial charge in [-0.3, -0.25) is 0 Å². The van der Waals surface area contributed by atoms with Crippen molar-refractivity contribution in [3.05, 3.63) is 94.6 Å². The van der Waals surface area contributed by atoms with Crippen LogP contribution in [0.5, 0.6) is 0 Å². The zero-order valence-electron chi connectivity index (χ0n) is 11.8. The summed E-state index contributed by atoms with van der Waals surface area (Å²) in [4.78, 5) is 2.23. The molecule has 1 heteroatoms. The second-order valence-corrected chi connectivity index (χ2v) is 5.67. The smallest absolute Gasteiger partial charge is 0.0487 e. The van der Waals surface area contributed by atoms with E-state index in [-0.39, 0.29) is 0 Å². The molecule has 0 saturated carbocycles. The maximum absolute atomic E-state index is 2.29. The molecule has 98 valence electrons. The van der Waals surface area contributed by atoms with Crippen molar-refractivity contribution in [2.75, 3.05) is 0 Å². The summed E-state index contributed by atoms with van der Waals surface area (Å²) in [6, 6.07) is 0. The van der Waals surface area contributed by atoms with Crippen LogP contribution in [0.4, 0.5) is 0 Å². The van der Waals surface area contributed by atoms with Gasteiger partial charge in [0, 0.05) is 24.0 Å². The Kier molecular flexibility index (Phi) is 2.37. The molecule has 20 heavy (non-hydrogen) atoms. The Morgan fingerprint density at radius 3 is 2.80 bits per heavy atom. The van der Waals surface area contributed by atoms with Gasteiger partial charge in [0.25, 0.3) is 0 Å². The van der Waals surface area contributed by atoms with Crippen LogP contribution in [0.25, 0.3) is 0 Å². The molecule has 2 aliphatic heterocycles. The van der Waals surface area contributed by atoms with E-state index in [0.717, 1.165) is 0 Å². The molecule has 2 aliphatic carbocycles. The Bertz CT molecular complexity index is 730. The summed E-state index contributed by atoms with van der Waals surface area (Å²) in [7, 11) is 0. The van der Waals surface area contributed by atoms with Gasteiger partial charge < -0.3 is 4.90 Å². The molecule has 0 aromatic carbocycles. The van der Waals surface area contributed by atoms with Crippen LogP contribution in [-0.2, 0) is 0 Å². The number of allylic oxidation sites excluding steroid dienone is 13. The maximum atomic E-state index is 2.29. The van der Waals surface area contributed by atoms with E-state index in [0.29, 0.717) is 5.92 Å². The predicted molar refractivity (Wildman–Crippen MR) is 83.5 cm³/mol. The van der Waals surface area contributed by atoms with Crippen molar-refractivity contribution < 1.29 is 0 Å². The van der Waals surface area contributed by atoms with Crippen LogP contribution >= 0.6 is 0 Å². The van der Waals surface area contributed by atoms with Gasteiger partial charge in [0.2, 0.25) is 0 Å². The quantitative estimate of drug-likeness (QED) is 0.617. The highest BCUT2D eigenvalue weighted by Gasteiger charge is 2.27. The van der Waals surface area contributed by atoms with Crippen molar-refractivity contribution in [3.8, 4) is 0 Å². The average Bonchev–Trinajstić information content (AvgIpc) is 2.48. The van der Waals surface area contributed by atoms with Crippen LogP contribution in [0.3, 0.4) is 0 Å². The van der Waals surface area contributed by atoms with Crippen LogP contribution in [-0.4, -0.2) is 4.90 Å². The van der Waals surface area contributed by atoms with Crippen molar-refractivity contribution >= 4 is 0 Å². The summed E-state index contributed by atoms with van der Waals surface area (Å²) in [6.07, 6.45) is 22.2. The third kappa shape index (κ3) is 1.56. The van der Waals surface area contributed by atoms with Crippen LogP contribution < -0.4 is 0 Å². The summed E-state index contributed by atoms with van der Waals surface area (Å²) in [5.41, 5.74) is 8.12. The molecule has 1 nitrogen and oxygen atoms in total. The van der Waals surface area contributed by atoms with Crippen LogP contribution in [0.15, 0.2) is 94.6 Å². The first kappa shape index (κ1) is 11.5. The van der Waals surface area contributed by atoms with Gasteiger partial charge in [0.1, 0.15) is 0 Å². The Labute approximate surface area is 120 Å². The second-order valence-electron chi connectivity index (χ2n) is 5.67. The highest BCUT2D eigenvalue weighted by Crippen LogP contribution is 2.41. The number of hydrogen-bond donors (Lipinski definition) is 0. The maximum Gasteiger partial charge on any atom is 0.0487 e. The highest BCUT2D eigenvalue weighted by atomic mass is 15.1. The minimum absolute atomic E-state index is 0.429. The van der Waals surface area contributed by atoms with Gasteiger partial charge >= 0.3 is 0 Å². The summed E-state index contributed by atoms with van der Waals surface area (Å²) in [5, 5.41) is 0. The monoisotopic (exact) mass is 259 g/mol. The lowest BCUT2D eigenvalue weighted by Gasteiger charge is -2.34. The molecule has 0 aromatic rings. The third-order valence-corrected chi connectivity index (χ3v) is 4.30. The molecule has 0 amide bonds. The van der Waals surface area contributed by atoms with E-state index in [2.05, 4.69) is 79.8 Å². The predicted octanol–water partition coefficient (Wildman–Crippen LogP) is 4.54. The van der Waals surface area contributed by atoms with E-state index < -0.39 is 0 Å². The molecule has 1 unspecified atom stereocenters. The first-order chi connectivity index (χ1) is 9.74. The lowest BCUT2D eigenvalue weighted by atomic mass is 9.78. The van der Waals surface area contributed by atoms with Crippen molar-refractivity contribution in [3.63, 3.8) is 0 Å². The van der Waals surface area contributed by atoms with E-state index in [9.17, 15) is 0 Å². The summed E-state index contributed by atoms with van der Waals surface area (Å²) < 4.78 is 0. The van der Waals surface area contributed by atoms with E-state index in [1.54, 1.807) is 0 Å². The minimum atomic E-state index is 0.429. The number of fused-ring (bicyclic) bond motifs is 3. The number of rotatable bonds is 0. The Balaban J connectivity index is 1.94. The zero-order valence-corrected chi connectivity index (χ0v) is 11.8. The van der Waals surface area contributed by atoms with Gasteiger partial charge in [-0.2, -0.15) is 0 Å². The number of hydrogen-bond acceptors (Lipinski definition) is 1. The molecule has 4 rings (SSSR count). The van der Waals surface area contributed by atoms with E-state index in [1.807, 2.05) is 0 Å². The van der Waals surface area contributed by atoms with Crippen molar-refractivity contribution in [2.24, 2.45) is 5.92 Å². The largest absolute Gasteiger partial charge is 0.323 e. The van der Waals surface area contributed by atoms with E-state index in [1.165, 1.54) is 33.6 Å². The average molecular weight is 259 g/mol. The molecule has 0 saturated heterocycles. The molecule has 0 N–H and O–H groups in total. The first-order valence-electron chi connectivity index (χ1n) is 7.09. The Hall–Kier alpha value is -2.28. The van der Waals surface area contributed by atoms with Gasteiger partial charge in [-0.15, -0.1) is 0 Å². The van der Waals surface area contributed by atoms with Gasteiger partial charge in [0.15, 0.2) is 0 Å². The molecular formula is C19H17N. The molecule has 1 atom stereocenters. The molecule has 0 bridgehead atoms. The van der Waals surface area contributed by atoms with E-state index in [4.69, 9.17) is 0 Å². The fraction of sp³-hybridized carbons (Fsp3) is 0.158. The Morgan fingerprint density at radius 2 is 1.90 bits per heavy atom. The zero-order chi connectivity index (χ0) is 13.7. The van der Waals surface area contributed by atoms with Crippen molar-refractivity contribution in [1.29, 1.82) is 0 Å². The summed E-state index contributed by atoms with van der Waals surface area (Å²) in [5.74, 6) is 0.429. The Morgan fingerprint density at radius 1 is 1.00 bits per heavy atom. The van der Waals surface area contributed by atoms with Gasteiger partial charge in [-0.05, 0) is 53.9 Å². The van der Waals surface area contributed by atoms with Gasteiger partial charge in [-0.25, -0.2) is 0 Å². The van der Waals surface area contributed by atoms with Gasteiger partial charge in [-0.1, -0.05) is 36.5 Å². The summed E-state index contributed by atoms with van der Waals surface area (Å²) >= 11 is 0. The van der Waals surface area contributed by atoms with Crippen molar-refractivity contribution in [2.45, 2.75) is 13.8 Å². The highest BCUT2D eigenvalue weighted by molar-refractivity contribution is 5.66. The SMILES string of the molecule is CC1=CC2=C(C)C3=C4C=CC=CC4C=CC3=CN2C=C1. The lowest BCUT2D eigenvalue weighted by molar-refractivity contribution is 0.619. The molecule has 0 radical (unpaired) electrons. The normalized spacial score (nSPS) is 26.3. The van der Waals surface area contributed by atoms with Crippen LogP contribution in [0, 0.1) is 5.92 Å². The first-order valence-corrected chi connectivity index (χ1v) is 7.09. The molecule has 2 heterocycles. The second kappa shape index (κ2) is 4.11. The topological polar surface area (TPSA) is 3.24 Å².